The maximum atomic E-state index is 13.5. The highest BCUT2D eigenvalue weighted by atomic mass is 19.1. The van der Waals surface area contributed by atoms with E-state index in [0.717, 1.165) is 25.9 Å². The normalized spacial score (nSPS) is 18.1. The van der Waals surface area contributed by atoms with Gasteiger partial charge in [-0.05, 0) is 25.5 Å². The van der Waals surface area contributed by atoms with Crippen LogP contribution in [0.3, 0.4) is 0 Å². The van der Waals surface area contributed by atoms with E-state index in [1.807, 2.05) is 0 Å². The monoisotopic (exact) mass is 303 g/mol. The number of halogens is 1. The fourth-order valence-corrected chi connectivity index (χ4v) is 2.55. The van der Waals surface area contributed by atoms with Crippen LogP contribution in [0.4, 0.5) is 4.39 Å². The summed E-state index contributed by atoms with van der Waals surface area (Å²) < 4.78 is 18.9. The van der Waals surface area contributed by atoms with Gasteiger partial charge in [0.05, 0.1) is 0 Å². The minimum absolute atomic E-state index is 0.124. The third-order valence-electron chi connectivity index (χ3n) is 3.80. The first-order valence-electron chi connectivity index (χ1n) is 7.42. The van der Waals surface area contributed by atoms with Gasteiger partial charge in [-0.2, -0.15) is 0 Å². The number of aromatic nitrogens is 1. The summed E-state index contributed by atoms with van der Waals surface area (Å²) in [6.07, 6.45) is 3.44. The van der Waals surface area contributed by atoms with Crippen molar-refractivity contribution >= 4 is 5.91 Å². The number of rotatable bonds is 4. The molecule has 1 unspecified atom stereocenters. The third-order valence-corrected chi connectivity index (χ3v) is 3.80. The average Bonchev–Trinajstić information content (AvgIpc) is 3.05. The highest BCUT2D eigenvalue weighted by Gasteiger charge is 2.21. The van der Waals surface area contributed by atoms with Crippen LogP contribution in [0.5, 0.6) is 0 Å². The minimum atomic E-state index is -0.359. The Morgan fingerprint density at radius 3 is 3.09 bits per heavy atom. The number of nitrogens with zero attached hydrogens (tertiary/aromatic N) is 1. The summed E-state index contributed by atoms with van der Waals surface area (Å²) >= 11 is 0. The molecule has 0 saturated carbocycles. The number of oxazole rings is 1. The van der Waals surface area contributed by atoms with Gasteiger partial charge in [-0.3, -0.25) is 4.79 Å². The second kappa shape index (κ2) is 6.70. The minimum Gasteiger partial charge on any atom is -0.448 e. The molecule has 1 aliphatic heterocycles. The van der Waals surface area contributed by atoms with E-state index in [4.69, 9.17) is 4.42 Å². The van der Waals surface area contributed by atoms with Gasteiger partial charge in [0.1, 0.15) is 12.1 Å². The lowest BCUT2D eigenvalue weighted by Crippen LogP contribution is -2.28. The Morgan fingerprint density at radius 2 is 2.32 bits per heavy atom. The topological polar surface area (TPSA) is 67.2 Å². The molecule has 3 rings (SSSR count). The Labute approximate surface area is 127 Å². The summed E-state index contributed by atoms with van der Waals surface area (Å²) in [7, 11) is 0. The molecule has 1 aromatic carbocycles. The van der Waals surface area contributed by atoms with Crippen molar-refractivity contribution < 1.29 is 13.6 Å². The third kappa shape index (κ3) is 3.33. The van der Waals surface area contributed by atoms with Gasteiger partial charge in [0.15, 0.2) is 11.6 Å². The molecule has 1 atom stereocenters. The van der Waals surface area contributed by atoms with Crippen LogP contribution in [0.1, 0.15) is 40.7 Å². The molecular formula is C16H18FN3O2. The zero-order valence-electron chi connectivity index (χ0n) is 12.1. The lowest BCUT2D eigenvalue weighted by Gasteiger charge is -2.19. The van der Waals surface area contributed by atoms with Gasteiger partial charge in [0, 0.05) is 24.6 Å². The van der Waals surface area contributed by atoms with Crippen LogP contribution in [-0.2, 0) is 6.54 Å². The Balaban J connectivity index is 1.61. The number of nitrogens with one attached hydrogen (secondary N) is 2. The summed E-state index contributed by atoms with van der Waals surface area (Å²) in [5, 5.41) is 5.94. The van der Waals surface area contributed by atoms with Crippen molar-refractivity contribution in [2.45, 2.75) is 25.3 Å². The van der Waals surface area contributed by atoms with Crippen molar-refractivity contribution in [1.29, 1.82) is 0 Å². The molecule has 22 heavy (non-hydrogen) atoms. The van der Waals surface area contributed by atoms with Crippen LogP contribution in [0.15, 0.2) is 34.9 Å². The molecule has 0 aliphatic carbocycles. The molecule has 2 heterocycles. The van der Waals surface area contributed by atoms with Crippen molar-refractivity contribution in [3.05, 3.63) is 53.5 Å². The predicted octanol–water partition coefficient (Wildman–Crippen LogP) is 2.21. The largest absolute Gasteiger partial charge is 0.448 e. The first-order chi connectivity index (χ1) is 10.7. The maximum Gasteiger partial charge on any atom is 0.273 e. The zero-order chi connectivity index (χ0) is 15.4. The smallest absolute Gasteiger partial charge is 0.273 e. The summed E-state index contributed by atoms with van der Waals surface area (Å²) in [6.45, 7) is 1.95. The van der Waals surface area contributed by atoms with Crippen LogP contribution < -0.4 is 10.6 Å². The summed E-state index contributed by atoms with van der Waals surface area (Å²) in [5.41, 5.74) is 0.674. The van der Waals surface area contributed by atoms with Gasteiger partial charge >= 0.3 is 0 Å². The lowest BCUT2D eigenvalue weighted by atomic mass is 10.00. The lowest BCUT2D eigenvalue weighted by molar-refractivity contribution is 0.0945. The summed E-state index contributed by atoms with van der Waals surface area (Å²) in [6, 6.07) is 6.35. The van der Waals surface area contributed by atoms with E-state index in [-0.39, 0.29) is 29.9 Å². The van der Waals surface area contributed by atoms with Crippen molar-refractivity contribution in [3.8, 4) is 0 Å². The van der Waals surface area contributed by atoms with Gasteiger partial charge in [-0.25, -0.2) is 9.37 Å². The molecule has 116 valence electrons. The molecule has 2 N–H and O–H groups in total. The number of piperidine rings is 1. The number of amides is 1. The Kier molecular flexibility index (Phi) is 4.48. The van der Waals surface area contributed by atoms with Gasteiger partial charge in [0.25, 0.3) is 5.91 Å². The molecule has 0 spiro atoms. The van der Waals surface area contributed by atoms with Crippen LogP contribution in [0.2, 0.25) is 0 Å². The van der Waals surface area contributed by atoms with Crippen LogP contribution in [-0.4, -0.2) is 24.0 Å². The standard InChI is InChI=1S/C16H18FN3O2/c17-13-6-2-1-4-11(13)9-19-15(21)14-10-22-16(20-14)12-5-3-7-18-8-12/h1-2,4,6,10,12,18H,3,5,7-9H2,(H,19,21). The van der Waals surface area contributed by atoms with Crippen LogP contribution in [0.25, 0.3) is 0 Å². The molecule has 1 fully saturated rings. The van der Waals surface area contributed by atoms with E-state index < -0.39 is 0 Å². The average molecular weight is 303 g/mol. The van der Waals surface area contributed by atoms with Crippen molar-refractivity contribution in [1.82, 2.24) is 15.6 Å². The highest BCUT2D eigenvalue weighted by Crippen LogP contribution is 2.22. The molecule has 6 heteroatoms. The first kappa shape index (κ1) is 14.7. The Hall–Kier alpha value is -2.21. The summed E-state index contributed by atoms with van der Waals surface area (Å²) in [4.78, 5) is 16.3. The molecule has 1 aromatic heterocycles. The van der Waals surface area contributed by atoms with E-state index in [2.05, 4.69) is 15.6 Å². The molecule has 0 radical (unpaired) electrons. The number of carbonyl (C=O) groups excluding carboxylic acids is 1. The number of hydrogen-bond donors (Lipinski definition) is 2. The van der Waals surface area contributed by atoms with Crippen LogP contribution in [0, 0.1) is 5.82 Å². The summed E-state index contributed by atoms with van der Waals surface area (Å²) in [5.74, 6) is 0.101. The van der Waals surface area contributed by atoms with E-state index in [1.165, 1.54) is 12.3 Å². The zero-order valence-corrected chi connectivity index (χ0v) is 12.1. The fraction of sp³-hybridized carbons (Fsp3) is 0.375. The Morgan fingerprint density at radius 1 is 1.45 bits per heavy atom. The molecule has 1 aliphatic rings. The SMILES string of the molecule is O=C(NCc1ccccc1F)c1coc(C2CCCNC2)n1. The number of hydrogen-bond acceptors (Lipinski definition) is 4. The maximum absolute atomic E-state index is 13.5. The molecule has 1 amide bonds. The fourth-order valence-electron chi connectivity index (χ4n) is 2.55. The molecule has 1 saturated heterocycles. The van der Waals surface area contributed by atoms with E-state index in [1.54, 1.807) is 18.2 Å². The number of benzene rings is 1. The second-order valence-corrected chi connectivity index (χ2v) is 5.39. The molecule has 0 bridgehead atoms. The van der Waals surface area contributed by atoms with Crippen molar-refractivity contribution in [2.75, 3.05) is 13.1 Å². The second-order valence-electron chi connectivity index (χ2n) is 5.39. The van der Waals surface area contributed by atoms with Gasteiger partial charge in [-0.15, -0.1) is 0 Å². The quantitative estimate of drug-likeness (QED) is 0.909. The van der Waals surface area contributed by atoms with E-state index in [0.29, 0.717) is 11.5 Å². The van der Waals surface area contributed by atoms with Gasteiger partial charge in [-0.1, -0.05) is 18.2 Å². The van der Waals surface area contributed by atoms with E-state index >= 15 is 0 Å². The van der Waals surface area contributed by atoms with Crippen molar-refractivity contribution in [2.24, 2.45) is 0 Å². The van der Waals surface area contributed by atoms with Gasteiger partial charge in [0.2, 0.25) is 0 Å². The first-order valence-corrected chi connectivity index (χ1v) is 7.42. The molecule has 5 nitrogen and oxygen atoms in total. The molecular weight excluding hydrogens is 285 g/mol. The van der Waals surface area contributed by atoms with Crippen molar-refractivity contribution in [3.63, 3.8) is 0 Å². The van der Waals surface area contributed by atoms with E-state index in [9.17, 15) is 9.18 Å². The Bertz CT molecular complexity index is 650. The van der Waals surface area contributed by atoms with Gasteiger partial charge < -0.3 is 15.1 Å². The highest BCUT2D eigenvalue weighted by molar-refractivity contribution is 5.91. The molecule has 2 aromatic rings. The van der Waals surface area contributed by atoms with Crippen LogP contribution >= 0.6 is 0 Å². The predicted molar refractivity (Wildman–Crippen MR) is 78.9 cm³/mol. The number of carbonyl (C=O) groups is 1.